The van der Waals surface area contributed by atoms with Crippen molar-refractivity contribution in [3.05, 3.63) is 0 Å². The Hall–Kier alpha value is -0.250. The Labute approximate surface area is 106 Å². The first-order chi connectivity index (χ1) is 8.45. The maximum atomic E-state index is 13.1. The summed E-state index contributed by atoms with van der Waals surface area (Å²) in [6.45, 7) is 0. The fourth-order valence-electron chi connectivity index (χ4n) is 4.77. The Kier molecular flexibility index (Phi) is 2.92. The molecule has 4 atom stereocenters. The highest BCUT2D eigenvalue weighted by Crippen LogP contribution is 2.66. The predicted molar refractivity (Wildman–Crippen MR) is 61.9 cm³/mol. The number of halogens is 3. The average molecular weight is 262 g/mol. The summed E-state index contributed by atoms with van der Waals surface area (Å²) in [6.07, 6.45) is 2.17. The van der Waals surface area contributed by atoms with Crippen LogP contribution in [0.2, 0.25) is 0 Å². The number of alkyl halides is 3. The first-order valence-electron chi connectivity index (χ1n) is 7.24. The molecule has 3 aliphatic carbocycles. The van der Waals surface area contributed by atoms with Gasteiger partial charge in [0.2, 0.25) is 0 Å². The quantitative estimate of drug-likeness (QED) is 0.759. The second-order valence-electron chi connectivity index (χ2n) is 6.42. The molecule has 3 fully saturated rings. The molecule has 3 aliphatic rings. The molecule has 18 heavy (non-hydrogen) atoms. The molecule has 0 aromatic rings. The predicted octanol–water partition coefficient (Wildman–Crippen LogP) is 3.91. The van der Waals surface area contributed by atoms with Gasteiger partial charge in [-0.3, -0.25) is 0 Å². The van der Waals surface area contributed by atoms with Crippen LogP contribution in [0.15, 0.2) is 0 Å². The molecular weight excluding hydrogens is 241 g/mol. The molecule has 0 aromatic carbocycles. The van der Waals surface area contributed by atoms with E-state index in [2.05, 4.69) is 0 Å². The van der Waals surface area contributed by atoms with E-state index in [0.717, 1.165) is 32.1 Å². The van der Waals surface area contributed by atoms with E-state index < -0.39 is 23.6 Å². The van der Waals surface area contributed by atoms with Gasteiger partial charge in [0.05, 0.1) is 11.5 Å². The summed E-state index contributed by atoms with van der Waals surface area (Å²) in [6, 6.07) is 0. The fourth-order valence-corrected chi connectivity index (χ4v) is 4.77. The lowest BCUT2D eigenvalue weighted by atomic mass is 9.73. The molecule has 4 unspecified atom stereocenters. The molecule has 3 rings (SSSR count). The van der Waals surface area contributed by atoms with Crippen LogP contribution in [-0.2, 0) is 0 Å². The summed E-state index contributed by atoms with van der Waals surface area (Å²) in [5, 5.41) is 10.7. The van der Waals surface area contributed by atoms with Crippen LogP contribution in [0.3, 0.4) is 0 Å². The molecule has 0 radical (unpaired) electrons. The number of fused-ring (bicyclic) bond motifs is 1. The van der Waals surface area contributed by atoms with Crippen LogP contribution in [0.25, 0.3) is 0 Å². The van der Waals surface area contributed by atoms with E-state index in [-0.39, 0.29) is 18.3 Å². The molecule has 0 aromatic heterocycles. The first kappa shape index (κ1) is 12.8. The molecule has 0 spiro atoms. The van der Waals surface area contributed by atoms with E-state index in [1.807, 2.05) is 0 Å². The Morgan fingerprint density at radius 3 is 1.72 bits per heavy atom. The van der Waals surface area contributed by atoms with Gasteiger partial charge in [0.1, 0.15) is 0 Å². The van der Waals surface area contributed by atoms with E-state index in [0.29, 0.717) is 12.8 Å². The second-order valence-corrected chi connectivity index (χ2v) is 6.42. The Bertz CT molecular complexity index is 313. The highest BCUT2D eigenvalue weighted by Gasteiger charge is 2.70. The summed E-state index contributed by atoms with van der Waals surface area (Å²) in [4.78, 5) is 0. The topological polar surface area (TPSA) is 20.2 Å². The number of hydrogen-bond acceptors (Lipinski definition) is 1. The minimum absolute atomic E-state index is 0.166. The minimum Gasteiger partial charge on any atom is -0.389 e. The van der Waals surface area contributed by atoms with Gasteiger partial charge in [-0.05, 0) is 43.4 Å². The van der Waals surface area contributed by atoms with Gasteiger partial charge in [-0.1, -0.05) is 25.7 Å². The smallest absolute Gasteiger partial charge is 0.389 e. The van der Waals surface area contributed by atoms with Gasteiger partial charge >= 0.3 is 6.18 Å². The molecule has 104 valence electrons. The van der Waals surface area contributed by atoms with E-state index in [1.165, 1.54) is 0 Å². The van der Waals surface area contributed by atoms with Gasteiger partial charge in [0.25, 0.3) is 0 Å². The Morgan fingerprint density at radius 2 is 1.22 bits per heavy atom. The standard InChI is InChI=1S/C14H21F3O/c15-14(16,17)12-8-4-3-7-11(12)13(18)9-5-1-2-6-10(9)13/h9-12,18H,1-8H2. The van der Waals surface area contributed by atoms with Crippen LogP contribution in [0, 0.1) is 23.7 Å². The van der Waals surface area contributed by atoms with Gasteiger partial charge in [0.15, 0.2) is 0 Å². The van der Waals surface area contributed by atoms with Crippen LogP contribution >= 0.6 is 0 Å². The number of hydrogen-bond donors (Lipinski definition) is 1. The zero-order valence-corrected chi connectivity index (χ0v) is 10.5. The van der Waals surface area contributed by atoms with E-state index in [4.69, 9.17) is 0 Å². The van der Waals surface area contributed by atoms with Crippen molar-refractivity contribution in [1.29, 1.82) is 0 Å². The lowest BCUT2D eigenvalue weighted by Gasteiger charge is -2.37. The molecule has 1 N–H and O–H groups in total. The zero-order valence-electron chi connectivity index (χ0n) is 10.5. The average Bonchev–Trinajstić information content (AvgIpc) is 2.96. The van der Waals surface area contributed by atoms with Crippen molar-refractivity contribution in [3.8, 4) is 0 Å². The van der Waals surface area contributed by atoms with Gasteiger partial charge in [-0.2, -0.15) is 13.2 Å². The van der Waals surface area contributed by atoms with E-state index in [9.17, 15) is 18.3 Å². The molecule has 3 saturated carbocycles. The van der Waals surface area contributed by atoms with Gasteiger partial charge in [-0.15, -0.1) is 0 Å². The number of rotatable bonds is 1. The molecule has 0 saturated heterocycles. The Morgan fingerprint density at radius 1 is 0.778 bits per heavy atom. The van der Waals surface area contributed by atoms with Crippen molar-refractivity contribution in [1.82, 2.24) is 0 Å². The summed E-state index contributed by atoms with van der Waals surface area (Å²) in [5.41, 5.74) is -0.975. The summed E-state index contributed by atoms with van der Waals surface area (Å²) >= 11 is 0. The van der Waals surface area contributed by atoms with Crippen molar-refractivity contribution in [2.24, 2.45) is 23.7 Å². The van der Waals surface area contributed by atoms with Crippen molar-refractivity contribution >= 4 is 0 Å². The molecular formula is C14H21F3O. The fraction of sp³-hybridized carbons (Fsp3) is 1.00. The van der Waals surface area contributed by atoms with E-state index >= 15 is 0 Å². The SMILES string of the molecule is OC1(C2CCCCC2C(F)(F)F)C2CCCCC21. The largest absolute Gasteiger partial charge is 0.392 e. The zero-order chi connectivity index (χ0) is 13.0. The second kappa shape index (κ2) is 4.12. The van der Waals surface area contributed by atoms with Crippen molar-refractivity contribution in [2.75, 3.05) is 0 Å². The van der Waals surface area contributed by atoms with Crippen LogP contribution in [-0.4, -0.2) is 16.9 Å². The van der Waals surface area contributed by atoms with Crippen LogP contribution in [0.4, 0.5) is 13.2 Å². The van der Waals surface area contributed by atoms with Crippen molar-refractivity contribution < 1.29 is 18.3 Å². The van der Waals surface area contributed by atoms with Gasteiger partial charge in [0, 0.05) is 0 Å². The third-order valence-corrected chi connectivity index (χ3v) is 5.63. The minimum atomic E-state index is -4.13. The lowest BCUT2D eigenvalue weighted by molar-refractivity contribution is -0.211. The maximum Gasteiger partial charge on any atom is 0.392 e. The molecule has 0 aliphatic heterocycles. The molecule has 4 heteroatoms. The van der Waals surface area contributed by atoms with E-state index in [1.54, 1.807) is 0 Å². The van der Waals surface area contributed by atoms with Crippen LogP contribution < -0.4 is 0 Å². The normalized spacial score (nSPS) is 48.7. The maximum absolute atomic E-state index is 13.1. The highest BCUT2D eigenvalue weighted by molar-refractivity contribution is 5.17. The Balaban J connectivity index is 1.81. The van der Waals surface area contributed by atoms with Crippen molar-refractivity contribution in [3.63, 3.8) is 0 Å². The molecule has 0 amide bonds. The highest BCUT2D eigenvalue weighted by atomic mass is 19.4. The summed E-state index contributed by atoms with van der Waals surface area (Å²) in [7, 11) is 0. The molecule has 0 heterocycles. The molecule has 0 bridgehead atoms. The monoisotopic (exact) mass is 262 g/mol. The third-order valence-electron chi connectivity index (χ3n) is 5.63. The van der Waals surface area contributed by atoms with Crippen LogP contribution in [0.1, 0.15) is 51.4 Å². The summed E-state index contributed by atoms with van der Waals surface area (Å²) < 4.78 is 39.3. The molecule has 1 nitrogen and oxygen atoms in total. The third kappa shape index (κ3) is 1.79. The van der Waals surface area contributed by atoms with Crippen molar-refractivity contribution in [2.45, 2.75) is 63.1 Å². The van der Waals surface area contributed by atoms with Crippen LogP contribution in [0.5, 0.6) is 0 Å². The lowest BCUT2D eigenvalue weighted by Crippen LogP contribution is -2.42. The van der Waals surface area contributed by atoms with Gasteiger partial charge in [-0.25, -0.2) is 0 Å². The first-order valence-corrected chi connectivity index (χ1v) is 7.24. The van der Waals surface area contributed by atoms with Gasteiger partial charge < -0.3 is 5.11 Å². The number of aliphatic hydroxyl groups is 1. The summed E-state index contributed by atoms with van der Waals surface area (Å²) in [5.74, 6) is -1.46.